The normalized spacial score (nSPS) is 20.4. The number of anilines is 1. The molecular formula is C17H28N2O. The first-order chi connectivity index (χ1) is 9.78. The molecule has 0 saturated carbocycles. The Morgan fingerprint density at radius 1 is 1.30 bits per heavy atom. The van der Waals surface area contributed by atoms with Crippen molar-refractivity contribution in [1.82, 2.24) is 5.32 Å². The standard InChI is InChI=1S/C17H28N2O/c1-3-10-18-17(4-2)15-5-7-16(8-6-15)19-11-9-14(12-19)13-20/h5-8,14,17-18,20H,3-4,9-13H2,1-2H3. The Labute approximate surface area is 123 Å². The lowest BCUT2D eigenvalue weighted by atomic mass is 10.0. The van der Waals surface area contributed by atoms with Crippen LogP contribution in [-0.4, -0.2) is 31.3 Å². The van der Waals surface area contributed by atoms with Gasteiger partial charge in [0.25, 0.3) is 0 Å². The molecule has 0 spiro atoms. The molecule has 1 aliphatic rings. The molecule has 0 aromatic heterocycles. The third-order valence-corrected chi connectivity index (χ3v) is 4.25. The van der Waals surface area contributed by atoms with Crippen LogP contribution in [0.25, 0.3) is 0 Å². The van der Waals surface area contributed by atoms with E-state index < -0.39 is 0 Å². The van der Waals surface area contributed by atoms with Gasteiger partial charge in [0.05, 0.1) is 0 Å². The van der Waals surface area contributed by atoms with E-state index in [0.29, 0.717) is 18.6 Å². The predicted molar refractivity (Wildman–Crippen MR) is 85.2 cm³/mol. The van der Waals surface area contributed by atoms with Crippen molar-refractivity contribution in [1.29, 1.82) is 0 Å². The molecule has 2 N–H and O–H groups in total. The van der Waals surface area contributed by atoms with Crippen LogP contribution in [0.4, 0.5) is 5.69 Å². The summed E-state index contributed by atoms with van der Waals surface area (Å²) in [7, 11) is 0. The van der Waals surface area contributed by atoms with Gasteiger partial charge in [0.1, 0.15) is 0 Å². The predicted octanol–water partition coefficient (Wildman–Crippen LogP) is 2.96. The lowest BCUT2D eigenvalue weighted by molar-refractivity contribution is 0.238. The zero-order valence-corrected chi connectivity index (χ0v) is 12.8. The van der Waals surface area contributed by atoms with Gasteiger partial charge in [0.2, 0.25) is 0 Å². The van der Waals surface area contributed by atoms with Crippen LogP contribution in [0.2, 0.25) is 0 Å². The number of aliphatic hydroxyl groups excluding tert-OH is 1. The summed E-state index contributed by atoms with van der Waals surface area (Å²) in [6.07, 6.45) is 3.40. The molecule has 1 aromatic carbocycles. The van der Waals surface area contributed by atoms with Crippen LogP contribution in [0.1, 0.15) is 44.7 Å². The molecule has 1 saturated heterocycles. The molecule has 112 valence electrons. The highest BCUT2D eigenvalue weighted by Gasteiger charge is 2.21. The zero-order chi connectivity index (χ0) is 14.4. The minimum absolute atomic E-state index is 0.313. The molecule has 3 nitrogen and oxygen atoms in total. The fourth-order valence-corrected chi connectivity index (χ4v) is 2.95. The molecule has 20 heavy (non-hydrogen) atoms. The van der Waals surface area contributed by atoms with E-state index in [2.05, 4.69) is 48.3 Å². The van der Waals surface area contributed by atoms with Gasteiger partial charge in [-0.25, -0.2) is 0 Å². The SMILES string of the molecule is CCCNC(CC)c1ccc(N2CCC(CO)C2)cc1. The molecule has 0 radical (unpaired) electrons. The topological polar surface area (TPSA) is 35.5 Å². The van der Waals surface area contributed by atoms with E-state index in [1.54, 1.807) is 0 Å². The summed E-state index contributed by atoms with van der Waals surface area (Å²) in [5, 5.41) is 12.8. The quantitative estimate of drug-likeness (QED) is 0.804. The van der Waals surface area contributed by atoms with Crippen LogP contribution in [0, 0.1) is 5.92 Å². The zero-order valence-electron chi connectivity index (χ0n) is 12.8. The highest BCUT2D eigenvalue weighted by Crippen LogP contribution is 2.26. The molecule has 1 fully saturated rings. The maximum atomic E-state index is 9.23. The molecule has 1 aromatic rings. The van der Waals surface area contributed by atoms with Gasteiger partial charge in [-0.1, -0.05) is 26.0 Å². The van der Waals surface area contributed by atoms with E-state index in [4.69, 9.17) is 0 Å². The van der Waals surface area contributed by atoms with Gasteiger partial charge < -0.3 is 15.3 Å². The van der Waals surface area contributed by atoms with Gasteiger partial charge in [-0.15, -0.1) is 0 Å². The second-order valence-corrected chi connectivity index (χ2v) is 5.79. The van der Waals surface area contributed by atoms with Crippen molar-refractivity contribution in [3.8, 4) is 0 Å². The van der Waals surface area contributed by atoms with Crippen LogP contribution in [-0.2, 0) is 0 Å². The van der Waals surface area contributed by atoms with E-state index in [0.717, 1.165) is 32.5 Å². The molecule has 0 bridgehead atoms. The molecule has 2 unspecified atom stereocenters. The summed E-state index contributed by atoms with van der Waals surface area (Å²) in [5.41, 5.74) is 2.66. The fourth-order valence-electron chi connectivity index (χ4n) is 2.95. The summed E-state index contributed by atoms with van der Waals surface area (Å²) in [5.74, 6) is 0.448. The lowest BCUT2D eigenvalue weighted by Crippen LogP contribution is -2.22. The van der Waals surface area contributed by atoms with Crippen LogP contribution < -0.4 is 10.2 Å². The van der Waals surface area contributed by atoms with Crippen molar-refractivity contribution in [3.05, 3.63) is 29.8 Å². The smallest absolute Gasteiger partial charge is 0.0476 e. The summed E-state index contributed by atoms with van der Waals surface area (Å²) in [6, 6.07) is 9.42. The van der Waals surface area contributed by atoms with Crippen LogP contribution in [0.15, 0.2) is 24.3 Å². The highest BCUT2D eigenvalue weighted by molar-refractivity contribution is 5.49. The average Bonchev–Trinajstić information content (AvgIpc) is 2.97. The number of benzene rings is 1. The van der Waals surface area contributed by atoms with Gasteiger partial charge in [-0.2, -0.15) is 0 Å². The van der Waals surface area contributed by atoms with Crippen LogP contribution >= 0.6 is 0 Å². The Kier molecular flexibility index (Phi) is 5.86. The van der Waals surface area contributed by atoms with Gasteiger partial charge in [0.15, 0.2) is 0 Å². The Morgan fingerprint density at radius 2 is 2.05 bits per heavy atom. The Balaban J connectivity index is 1.98. The minimum Gasteiger partial charge on any atom is -0.396 e. The van der Waals surface area contributed by atoms with E-state index in [1.165, 1.54) is 17.7 Å². The van der Waals surface area contributed by atoms with E-state index >= 15 is 0 Å². The molecule has 0 amide bonds. The maximum Gasteiger partial charge on any atom is 0.0476 e. The number of nitrogens with one attached hydrogen (secondary N) is 1. The second-order valence-electron chi connectivity index (χ2n) is 5.79. The first kappa shape index (κ1) is 15.3. The van der Waals surface area contributed by atoms with Crippen molar-refractivity contribution in [2.24, 2.45) is 5.92 Å². The summed E-state index contributed by atoms with van der Waals surface area (Å²) < 4.78 is 0. The number of hydrogen-bond donors (Lipinski definition) is 2. The van der Waals surface area contributed by atoms with E-state index in [-0.39, 0.29) is 0 Å². The van der Waals surface area contributed by atoms with Crippen molar-refractivity contribution in [3.63, 3.8) is 0 Å². The summed E-state index contributed by atoms with van der Waals surface area (Å²) in [6.45, 7) is 7.87. The third kappa shape index (κ3) is 3.74. The number of aliphatic hydroxyl groups is 1. The highest BCUT2D eigenvalue weighted by atomic mass is 16.3. The number of hydrogen-bond acceptors (Lipinski definition) is 3. The first-order valence-corrected chi connectivity index (χ1v) is 7.97. The molecule has 2 rings (SSSR count). The van der Waals surface area contributed by atoms with Crippen LogP contribution in [0.5, 0.6) is 0 Å². The van der Waals surface area contributed by atoms with Crippen molar-refractivity contribution in [2.75, 3.05) is 31.1 Å². The summed E-state index contributed by atoms with van der Waals surface area (Å²) in [4.78, 5) is 2.38. The maximum absolute atomic E-state index is 9.23. The van der Waals surface area contributed by atoms with Gasteiger partial charge in [-0.3, -0.25) is 0 Å². The molecule has 2 atom stereocenters. The second kappa shape index (κ2) is 7.65. The van der Waals surface area contributed by atoms with Crippen molar-refractivity contribution < 1.29 is 5.11 Å². The van der Waals surface area contributed by atoms with Crippen molar-refractivity contribution >= 4 is 5.69 Å². The molecular weight excluding hydrogens is 248 g/mol. The fraction of sp³-hybridized carbons (Fsp3) is 0.647. The minimum atomic E-state index is 0.313. The van der Waals surface area contributed by atoms with E-state index in [9.17, 15) is 5.11 Å². The number of nitrogens with zero attached hydrogens (tertiary/aromatic N) is 1. The third-order valence-electron chi connectivity index (χ3n) is 4.25. The van der Waals surface area contributed by atoms with E-state index in [1.807, 2.05) is 0 Å². The lowest BCUT2D eigenvalue weighted by Gasteiger charge is -2.21. The average molecular weight is 276 g/mol. The van der Waals surface area contributed by atoms with Gasteiger partial charge >= 0.3 is 0 Å². The summed E-state index contributed by atoms with van der Waals surface area (Å²) >= 11 is 0. The van der Waals surface area contributed by atoms with Crippen LogP contribution in [0.3, 0.4) is 0 Å². The monoisotopic (exact) mass is 276 g/mol. The first-order valence-electron chi connectivity index (χ1n) is 7.97. The Bertz CT molecular complexity index is 369. The molecule has 1 heterocycles. The van der Waals surface area contributed by atoms with Gasteiger partial charge in [-0.05, 0) is 43.5 Å². The Morgan fingerprint density at radius 3 is 2.60 bits per heavy atom. The molecule has 1 aliphatic heterocycles. The van der Waals surface area contributed by atoms with Gasteiger partial charge in [0, 0.05) is 37.3 Å². The molecule has 0 aliphatic carbocycles. The Hall–Kier alpha value is -1.06. The largest absolute Gasteiger partial charge is 0.396 e. The number of rotatable bonds is 7. The van der Waals surface area contributed by atoms with Crippen molar-refractivity contribution in [2.45, 2.75) is 39.2 Å². The molecule has 3 heteroatoms.